The van der Waals surface area contributed by atoms with E-state index in [0.717, 1.165) is 12.8 Å². The minimum Gasteiger partial charge on any atom is -0.441 e. The lowest BCUT2D eigenvalue weighted by molar-refractivity contribution is 0.473. The minimum atomic E-state index is -2.97. The second kappa shape index (κ2) is 13.1. The molecule has 0 saturated heterocycles. The first-order chi connectivity index (χ1) is 20.2. The van der Waals surface area contributed by atoms with Crippen molar-refractivity contribution in [2.45, 2.75) is 92.2 Å². The summed E-state index contributed by atoms with van der Waals surface area (Å²) in [5.74, 6) is 1.10. The van der Waals surface area contributed by atoms with Gasteiger partial charge in [-0.1, -0.05) is 178 Å². The smallest absolute Gasteiger partial charge is 0.251 e. The Kier molecular flexibility index (Phi) is 10.1. The van der Waals surface area contributed by atoms with E-state index in [1.807, 2.05) is 0 Å². The largest absolute Gasteiger partial charge is 0.441 e. The van der Waals surface area contributed by atoms with E-state index in [1.54, 1.807) is 0 Å². The van der Waals surface area contributed by atoms with Crippen molar-refractivity contribution in [3.63, 3.8) is 0 Å². The van der Waals surface area contributed by atoms with Crippen molar-refractivity contribution in [1.82, 2.24) is 0 Å². The summed E-state index contributed by atoms with van der Waals surface area (Å²) in [6, 6.07) is 41.1. The minimum absolute atomic E-state index is 0.132. The van der Waals surface area contributed by atoms with Crippen LogP contribution in [0.3, 0.4) is 0 Å². The topological polar surface area (TPSA) is 9.23 Å². The van der Waals surface area contributed by atoms with E-state index in [2.05, 4.69) is 178 Å². The summed E-state index contributed by atoms with van der Waals surface area (Å²) < 4.78 is 8.62. The molecule has 0 aliphatic heterocycles. The fraction of sp³-hybridized carbons (Fsp3) is 0.400. The molecule has 0 amide bonds. The van der Waals surface area contributed by atoms with Gasteiger partial charge in [0.25, 0.3) is 16.6 Å². The Bertz CT molecular complexity index is 1350. The van der Waals surface area contributed by atoms with Gasteiger partial charge in [-0.2, -0.15) is 0 Å². The first-order valence-corrected chi connectivity index (χ1v) is 20.0. The van der Waals surface area contributed by atoms with Crippen molar-refractivity contribution >= 4 is 37.4 Å². The molecule has 0 aliphatic rings. The zero-order valence-electron chi connectivity index (χ0n) is 28.4. The van der Waals surface area contributed by atoms with Crippen LogP contribution in [0, 0.1) is 11.8 Å². The zero-order chi connectivity index (χ0) is 31.5. The Labute approximate surface area is 265 Å². The highest BCUT2D eigenvalue weighted by atomic mass is 28.4. The molecule has 0 aliphatic carbocycles. The van der Waals surface area contributed by atoms with E-state index in [4.69, 9.17) is 4.12 Å². The van der Waals surface area contributed by atoms with Crippen LogP contribution in [0.5, 0.6) is 0 Å². The molecule has 3 heteroatoms. The van der Waals surface area contributed by atoms with Gasteiger partial charge in [-0.25, -0.2) is 0 Å². The zero-order valence-corrected chi connectivity index (χ0v) is 30.4. The van der Waals surface area contributed by atoms with E-state index >= 15 is 0 Å². The summed E-state index contributed by atoms with van der Waals surface area (Å²) in [5.41, 5.74) is 2.87. The number of hydrogen-bond acceptors (Lipinski definition) is 1. The summed E-state index contributed by atoms with van der Waals surface area (Å²) in [5, 5.41) is 5.31. The van der Waals surface area contributed by atoms with Gasteiger partial charge in [0.15, 0.2) is 0 Å². The molecule has 228 valence electrons. The lowest BCUT2D eigenvalue weighted by atomic mass is 10.0. The summed E-state index contributed by atoms with van der Waals surface area (Å²) in [6.07, 6.45) is 2.08. The fourth-order valence-electron chi connectivity index (χ4n) is 7.06. The standard InChI is InChI=1S/C40H54OSi2/c1-31(2)29-33-21-17-19-27-37(33)42(39(5,6)7,35-23-13-11-14-24-35)41-43(40(8,9)10,36-25-15-12-16-26-36)38-28-20-18-22-34(38)30-32(3)4/h11-28,31-32H,29-30H2,1-10H3. The van der Waals surface area contributed by atoms with Crippen molar-refractivity contribution in [3.05, 3.63) is 120 Å². The summed E-state index contributed by atoms with van der Waals surface area (Å²) in [4.78, 5) is 0. The summed E-state index contributed by atoms with van der Waals surface area (Å²) >= 11 is 0. The van der Waals surface area contributed by atoms with Crippen LogP contribution >= 0.6 is 0 Å². The van der Waals surface area contributed by atoms with Gasteiger partial charge >= 0.3 is 0 Å². The van der Waals surface area contributed by atoms with Gasteiger partial charge in [0, 0.05) is 0 Å². The maximum absolute atomic E-state index is 8.62. The fourth-order valence-corrected chi connectivity index (χ4v) is 20.4. The highest BCUT2D eigenvalue weighted by Gasteiger charge is 2.61. The maximum atomic E-state index is 8.62. The third-order valence-electron chi connectivity index (χ3n) is 8.83. The van der Waals surface area contributed by atoms with Gasteiger partial charge in [-0.15, -0.1) is 0 Å². The first kappa shape index (κ1) is 33.2. The average Bonchev–Trinajstić information content (AvgIpc) is 2.94. The lowest BCUT2D eigenvalue weighted by Crippen LogP contribution is -2.78. The van der Waals surface area contributed by atoms with E-state index in [1.165, 1.54) is 31.9 Å². The van der Waals surface area contributed by atoms with Gasteiger partial charge in [-0.05, 0) is 66.6 Å². The second-order valence-electron chi connectivity index (χ2n) is 15.2. The highest BCUT2D eigenvalue weighted by Crippen LogP contribution is 2.45. The van der Waals surface area contributed by atoms with Crippen LogP contribution in [0.15, 0.2) is 109 Å². The predicted molar refractivity (Wildman–Crippen MR) is 193 cm³/mol. The molecule has 43 heavy (non-hydrogen) atoms. The van der Waals surface area contributed by atoms with Crippen LogP contribution in [0.4, 0.5) is 0 Å². The third-order valence-corrected chi connectivity index (χ3v) is 20.3. The molecule has 0 fully saturated rings. The van der Waals surface area contributed by atoms with E-state index in [9.17, 15) is 0 Å². The van der Waals surface area contributed by atoms with Crippen LogP contribution in [-0.2, 0) is 17.0 Å². The Balaban J connectivity index is 2.23. The molecule has 0 heterocycles. The van der Waals surface area contributed by atoms with Crippen molar-refractivity contribution < 1.29 is 4.12 Å². The molecule has 0 aromatic heterocycles. The molecule has 0 saturated carbocycles. The van der Waals surface area contributed by atoms with Crippen LogP contribution in [0.2, 0.25) is 10.1 Å². The third kappa shape index (κ3) is 6.55. The Hall–Kier alpha value is -2.73. The molecule has 0 spiro atoms. The predicted octanol–water partition coefficient (Wildman–Crippen LogP) is 8.52. The molecule has 0 radical (unpaired) electrons. The summed E-state index contributed by atoms with van der Waals surface area (Å²) in [7, 11) is -5.95. The van der Waals surface area contributed by atoms with Crippen molar-refractivity contribution in [3.8, 4) is 0 Å². The Morgan fingerprint density at radius 1 is 0.465 bits per heavy atom. The maximum Gasteiger partial charge on any atom is 0.251 e. The molecule has 4 aromatic carbocycles. The van der Waals surface area contributed by atoms with Gasteiger partial charge in [-0.3, -0.25) is 0 Å². The van der Waals surface area contributed by atoms with E-state index < -0.39 is 16.6 Å². The van der Waals surface area contributed by atoms with E-state index in [-0.39, 0.29) is 10.1 Å². The van der Waals surface area contributed by atoms with Crippen molar-refractivity contribution in [2.24, 2.45) is 11.8 Å². The molecule has 4 rings (SSSR count). The van der Waals surface area contributed by atoms with Gasteiger partial charge in [0.2, 0.25) is 0 Å². The Morgan fingerprint density at radius 3 is 1.07 bits per heavy atom. The quantitative estimate of drug-likeness (QED) is 0.164. The Morgan fingerprint density at radius 2 is 0.767 bits per heavy atom. The molecular formula is C40H54OSi2. The molecule has 0 N–H and O–H groups in total. The van der Waals surface area contributed by atoms with Crippen LogP contribution in [-0.4, -0.2) is 16.6 Å². The van der Waals surface area contributed by atoms with Gasteiger partial charge < -0.3 is 4.12 Å². The molecule has 0 bridgehead atoms. The van der Waals surface area contributed by atoms with Gasteiger partial charge in [0.1, 0.15) is 0 Å². The van der Waals surface area contributed by atoms with Crippen molar-refractivity contribution in [2.75, 3.05) is 0 Å². The number of rotatable bonds is 10. The number of benzene rings is 4. The normalized spacial score (nSPS) is 15.3. The molecule has 2 unspecified atom stereocenters. The molecule has 4 aromatic rings. The molecule has 1 nitrogen and oxygen atoms in total. The average molecular weight is 607 g/mol. The lowest BCUT2D eigenvalue weighted by Gasteiger charge is -2.54. The molecule has 2 atom stereocenters. The SMILES string of the molecule is CC(C)Cc1ccccc1[Si](O[Si](c1ccccc1)(c1ccccc1CC(C)C)C(C)(C)C)(c1ccccc1)C(C)(C)C. The van der Waals surface area contributed by atoms with E-state index in [0.29, 0.717) is 11.8 Å². The van der Waals surface area contributed by atoms with Crippen LogP contribution in [0.1, 0.15) is 80.4 Å². The monoisotopic (exact) mass is 606 g/mol. The van der Waals surface area contributed by atoms with Crippen LogP contribution < -0.4 is 20.7 Å². The highest BCUT2D eigenvalue weighted by molar-refractivity contribution is 7.11. The summed E-state index contributed by atoms with van der Waals surface area (Å²) in [6.45, 7) is 24.0. The first-order valence-electron chi connectivity index (χ1n) is 16.2. The van der Waals surface area contributed by atoms with Gasteiger partial charge in [0.05, 0.1) is 0 Å². The molecular weight excluding hydrogens is 553 g/mol. The number of hydrogen-bond donors (Lipinski definition) is 0. The van der Waals surface area contributed by atoms with Crippen molar-refractivity contribution in [1.29, 1.82) is 0 Å². The second-order valence-corrected chi connectivity index (χ2v) is 24.0. The van der Waals surface area contributed by atoms with Crippen LogP contribution in [0.25, 0.3) is 0 Å².